The molecule has 13 heavy (non-hydrogen) atoms. The lowest BCUT2D eigenvalue weighted by Crippen LogP contribution is -2.44. The van der Waals surface area contributed by atoms with Crippen molar-refractivity contribution in [1.29, 1.82) is 0 Å². The minimum atomic E-state index is -1.38. The Morgan fingerprint density at radius 2 is 2.15 bits per heavy atom. The number of para-hydroxylation sites is 1. The second kappa shape index (κ2) is 2.57. The number of hydrogen-bond donors (Lipinski definition) is 1. The van der Waals surface area contributed by atoms with Crippen LogP contribution in [-0.4, -0.2) is 23.1 Å². The second-order valence-corrected chi connectivity index (χ2v) is 3.39. The van der Waals surface area contributed by atoms with Crippen LogP contribution < -0.4 is 4.74 Å². The van der Waals surface area contributed by atoms with Gasteiger partial charge in [-0.3, -0.25) is 4.79 Å². The van der Waals surface area contributed by atoms with E-state index >= 15 is 0 Å². The van der Waals surface area contributed by atoms with Crippen LogP contribution in [0, 0.1) is 0 Å². The number of ether oxygens (including phenoxy) is 1. The van der Waals surface area contributed by atoms with Crippen molar-refractivity contribution >= 4 is 5.78 Å². The van der Waals surface area contributed by atoms with Gasteiger partial charge in [-0.1, -0.05) is 12.1 Å². The number of fused-ring (bicyclic) bond motifs is 1. The van der Waals surface area contributed by atoms with Crippen LogP contribution in [0.4, 0.5) is 0 Å². The quantitative estimate of drug-likeness (QED) is 0.645. The zero-order valence-electron chi connectivity index (χ0n) is 7.28. The van der Waals surface area contributed by atoms with Crippen molar-refractivity contribution in [2.24, 2.45) is 0 Å². The second-order valence-electron chi connectivity index (χ2n) is 3.39. The van der Waals surface area contributed by atoms with Gasteiger partial charge in [0.25, 0.3) is 0 Å². The number of rotatable bonds is 0. The standard InChI is InChI=1S/C10H10O3/c1-10(12)6-13-8-5-3-2-4-7(8)9(10)11/h2-5,12H,6H2,1H3/t10-/m1/s1. The van der Waals surface area contributed by atoms with Crippen molar-refractivity contribution < 1.29 is 14.6 Å². The van der Waals surface area contributed by atoms with Crippen molar-refractivity contribution in [2.75, 3.05) is 6.61 Å². The van der Waals surface area contributed by atoms with Crippen LogP contribution in [0.5, 0.6) is 5.75 Å². The minimum Gasteiger partial charge on any atom is -0.489 e. The first-order valence-corrected chi connectivity index (χ1v) is 4.10. The van der Waals surface area contributed by atoms with E-state index in [1.807, 2.05) is 0 Å². The largest absolute Gasteiger partial charge is 0.489 e. The highest BCUT2D eigenvalue weighted by molar-refractivity contribution is 6.05. The number of Topliss-reactive ketones (excluding diaryl/α,β-unsaturated/α-hetero) is 1. The number of aliphatic hydroxyl groups is 1. The van der Waals surface area contributed by atoms with Crippen LogP contribution in [0.25, 0.3) is 0 Å². The summed E-state index contributed by atoms with van der Waals surface area (Å²) in [5.41, 5.74) is -0.923. The van der Waals surface area contributed by atoms with Crippen LogP contribution >= 0.6 is 0 Å². The Morgan fingerprint density at radius 1 is 1.46 bits per heavy atom. The maximum absolute atomic E-state index is 11.6. The molecule has 0 aliphatic carbocycles. The summed E-state index contributed by atoms with van der Waals surface area (Å²) in [6, 6.07) is 6.93. The fourth-order valence-electron chi connectivity index (χ4n) is 1.35. The highest BCUT2D eigenvalue weighted by Gasteiger charge is 2.37. The van der Waals surface area contributed by atoms with E-state index in [1.54, 1.807) is 24.3 Å². The number of hydrogen-bond acceptors (Lipinski definition) is 3. The molecule has 0 aromatic heterocycles. The van der Waals surface area contributed by atoms with Crippen molar-refractivity contribution in [3.05, 3.63) is 29.8 Å². The SMILES string of the molecule is C[C@@]1(O)COc2ccccc2C1=O. The first-order chi connectivity index (χ1) is 6.11. The van der Waals surface area contributed by atoms with Crippen molar-refractivity contribution in [1.82, 2.24) is 0 Å². The van der Waals surface area contributed by atoms with Gasteiger partial charge in [-0.25, -0.2) is 0 Å². The molecule has 0 saturated heterocycles. The lowest BCUT2D eigenvalue weighted by molar-refractivity contribution is 0.00849. The van der Waals surface area contributed by atoms with Gasteiger partial charge in [0.15, 0.2) is 5.60 Å². The molecule has 1 heterocycles. The summed E-state index contributed by atoms with van der Waals surface area (Å²) in [5, 5.41) is 9.62. The smallest absolute Gasteiger partial charge is 0.201 e. The molecule has 0 bridgehead atoms. The van der Waals surface area contributed by atoms with Crippen LogP contribution in [0.2, 0.25) is 0 Å². The molecule has 0 unspecified atom stereocenters. The van der Waals surface area contributed by atoms with Crippen LogP contribution in [0.3, 0.4) is 0 Å². The maximum atomic E-state index is 11.6. The van der Waals surface area contributed by atoms with Gasteiger partial charge in [-0.15, -0.1) is 0 Å². The molecule has 1 N–H and O–H groups in total. The average Bonchev–Trinajstić information content (AvgIpc) is 2.13. The third-order valence-corrected chi connectivity index (χ3v) is 2.13. The summed E-state index contributed by atoms with van der Waals surface area (Å²) in [6.07, 6.45) is 0. The van der Waals surface area contributed by atoms with Gasteiger partial charge in [-0.2, -0.15) is 0 Å². The van der Waals surface area contributed by atoms with Gasteiger partial charge in [0.1, 0.15) is 12.4 Å². The Kier molecular flexibility index (Phi) is 1.63. The van der Waals surface area contributed by atoms with Gasteiger partial charge in [-0.05, 0) is 19.1 Å². The Bertz CT molecular complexity index is 355. The Hall–Kier alpha value is -1.35. The third kappa shape index (κ3) is 1.21. The van der Waals surface area contributed by atoms with Gasteiger partial charge in [0.2, 0.25) is 5.78 Å². The Balaban J connectivity index is 2.52. The molecule has 0 saturated carbocycles. The summed E-state index contributed by atoms with van der Waals surface area (Å²) in [5.74, 6) is 0.286. The van der Waals surface area contributed by atoms with Crippen LogP contribution in [0.1, 0.15) is 17.3 Å². The molecule has 0 radical (unpaired) electrons. The third-order valence-electron chi connectivity index (χ3n) is 2.13. The molecule has 0 spiro atoms. The first-order valence-electron chi connectivity index (χ1n) is 4.10. The highest BCUT2D eigenvalue weighted by atomic mass is 16.5. The van der Waals surface area contributed by atoms with Crippen molar-refractivity contribution in [3.8, 4) is 5.75 Å². The molecule has 3 heteroatoms. The average molecular weight is 178 g/mol. The fourth-order valence-corrected chi connectivity index (χ4v) is 1.35. The van der Waals surface area contributed by atoms with Gasteiger partial charge < -0.3 is 9.84 Å². The molecule has 3 nitrogen and oxygen atoms in total. The van der Waals surface area contributed by atoms with Gasteiger partial charge >= 0.3 is 0 Å². The summed E-state index contributed by atoms with van der Waals surface area (Å²) >= 11 is 0. The van der Waals surface area contributed by atoms with E-state index < -0.39 is 5.60 Å². The number of carbonyl (C=O) groups excluding carboxylic acids is 1. The molecule has 0 fully saturated rings. The zero-order valence-corrected chi connectivity index (χ0v) is 7.28. The zero-order chi connectivity index (χ0) is 9.47. The normalized spacial score (nSPS) is 26.5. The lowest BCUT2D eigenvalue weighted by atomic mass is 9.93. The van der Waals surface area contributed by atoms with Crippen molar-refractivity contribution in [2.45, 2.75) is 12.5 Å². The molecule has 2 rings (SSSR count). The Morgan fingerprint density at radius 3 is 2.92 bits per heavy atom. The van der Waals surface area contributed by atoms with Crippen LogP contribution in [-0.2, 0) is 0 Å². The summed E-state index contributed by atoms with van der Waals surface area (Å²) in [4.78, 5) is 11.6. The van der Waals surface area contributed by atoms with E-state index in [-0.39, 0.29) is 12.4 Å². The molecule has 0 amide bonds. The highest BCUT2D eigenvalue weighted by Crippen LogP contribution is 2.28. The van der Waals surface area contributed by atoms with E-state index in [4.69, 9.17) is 4.74 Å². The van der Waals surface area contributed by atoms with E-state index in [9.17, 15) is 9.90 Å². The van der Waals surface area contributed by atoms with E-state index in [2.05, 4.69) is 0 Å². The summed E-state index contributed by atoms with van der Waals surface area (Å²) in [7, 11) is 0. The molecule has 1 aromatic rings. The summed E-state index contributed by atoms with van der Waals surface area (Å²) < 4.78 is 5.24. The minimum absolute atomic E-state index is 0.0306. The molecule has 1 atom stereocenters. The number of carbonyl (C=O) groups is 1. The molecule has 1 aliphatic heterocycles. The van der Waals surface area contributed by atoms with Gasteiger partial charge in [0, 0.05) is 0 Å². The van der Waals surface area contributed by atoms with Crippen LogP contribution in [0.15, 0.2) is 24.3 Å². The Labute approximate surface area is 76.0 Å². The molecular formula is C10H10O3. The molecule has 68 valence electrons. The summed E-state index contributed by atoms with van der Waals surface area (Å²) in [6.45, 7) is 1.49. The molecule has 1 aromatic carbocycles. The van der Waals surface area contributed by atoms with E-state index in [0.29, 0.717) is 11.3 Å². The van der Waals surface area contributed by atoms with Gasteiger partial charge in [0.05, 0.1) is 5.56 Å². The number of benzene rings is 1. The van der Waals surface area contributed by atoms with E-state index in [1.165, 1.54) is 6.92 Å². The lowest BCUT2D eigenvalue weighted by Gasteiger charge is -2.28. The topological polar surface area (TPSA) is 46.5 Å². The predicted octanol–water partition coefficient (Wildman–Crippen LogP) is 1.01. The van der Waals surface area contributed by atoms with E-state index in [0.717, 1.165) is 0 Å². The monoisotopic (exact) mass is 178 g/mol. The fraction of sp³-hybridized carbons (Fsp3) is 0.300. The van der Waals surface area contributed by atoms with Crippen molar-refractivity contribution in [3.63, 3.8) is 0 Å². The first kappa shape index (κ1) is 8.26. The molecule has 1 aliphatic rings. The molecular weight excluding hydrogens is 168 g/mol. The number of ketones is 1. The predicted molar refractivity (Wildman–Crippen MR) is 46.9 cm³/mol. The maximum Gasteiger partial charge on any atom is 0.201 e.